The molecule has 0 saturated carbocycles. The van der Waals surface area contributed by atoms with Crippen LogP contribution in [0.1, 0.15) is 36.9 Å². The van der Waals surface area contributed by atoms with Gasteiger partial charge < -0.3 is 15.1 Å². The lowest BCUT2D eigenvalue weighted by Gasteiger charge is -2.43. The molecular formula is C21H21N5O3S. The number of H-pyrrole nitrogens is 1. The Morgan fingerprint density at radius 1 is 1.23 bits per heavy atom. The van der Waals surface area contributed by atoms with Crippen molar-refractivity contribution in [2.45, 2.75) is 25.4 Å². The third-order valence-corrected chi connectivity index (χ3v) is 7.12. The molecule has 1 unspecified atom stereocenters. The lowest BCUT2D eigenvalue weighted by Crippen LogP contribution is -2.59. The topological polar surface area (TPSA) is 98.4 Å². The van der Waals surface area contributed by atoms with Crippen LogP contribution in [0.2, 0.25) is 0 Å². The molecule has 0 aliphatic carbocycles. The zero-order valence-corrected chi connectivity index (χ0v) is 17.3. The molecule has 1 saturated heterocycles. The molecule has 154 valence electrons. The summed E-state index contributed by atoms with van der Waals surface area (Å²) in [6, 6.07) is 6.86. The van der Waals surface area contributed by atoms with Gasteiger partial charge in [-0.25, -0.2) is 0 Å². The number of carbonyl (C=O) groups is 3. The van der Waals surface area contributed by atoms with E-state index in [2.05, 4.69) is 15.5 Å². The normalized spacial score (nSPS) is 18.1. The summed E-state index contributed by atoms with van der Waals surface area (Å²) in [4.78, 5) is 43.3. The molecule has 0 spiro atoms. The fraction of sp³-hybridized carbons (Fsp3) is 0.333. The van der Waals surface area contributed by atoms with Gasteiger partial charge in [-0.15, -0.1) is 11.3 Å². The summed E-state index contributed by atoms with van der Waals surface area (Å²) >= 11 is 1.49. The van der Waals surface area contributed by atoms with Gasteiger partial charge in [0.25, 0.3) is 11.8 Å². The van der Waals surface area contributed by atoms with Crippen molar-refractivity contribution in [3.63, 3.8) is 0 Å². The molecule has 4 heterocycles. The molecule has 3 aromatic rings. The number of thiophene rings is 1. The van der Waals surface area contributed by atoms with Crippen molar-refractivity contribution in [3.8, 4) is 0 Å². The number of carbonyl (C=O) groups excluding carboxylic acids is 3. The first-order valence-electron chi connectivity index (χ1n) is 9.91. The molecule has 0 bridgehead atoms. The van der Waals surface area contributed by atoms with Gasteiger partial charge in [0, 0.05) is 42.5 Å². The van der Waals surface area contributed by atoms with E-state index >= 15 is 0 Å². The van der Waals surface area contributed by atoms with Gasteiger partial charge in [-0.05, 0) is 42.7 Å². The standard InChI is InChI=1S/C21H21N5O3S/c1-22-19(27)18-9-14-11-25(6-5-17(14)30-18)21(29)16-4-7-26(16)20(28)12-2-3-15-13(8-12)10-23-24-15/h2-3,8-10,16H,4-7,11H2,1H3,(H,22,27)(H,23,24). The predicted octanol–water partition coefficient (Wildman–Crippen LogP) is 1.78. The van der Waals surface area contributed by atoms with Gasteiger partial charge in [-0.1, -0.05) is 0 Å². The van der Waals surface area contributed by atoms with Gasteiger partial charge in [-0.3, -0.25) is 19.5 Å². The number of hydrogen-bond donors (Lipinski definition) is 2. The Balaban J connectivity index is 1.30. The number of benzene rings is 1. The van der Waals surface area contributed by atoms with Crippen LogP contribution in [-0.4, -0.2) is 63.9 Å². The summed E-state index contributed by atoms with van der Waals surface area (Å²) < 4.78 is 0. The van der Waals surface area contributed by atoms with E-state index in [1.54, 1.807) is 30.3 Å². The van der Waals surface area contributed by atoms with E-state index in [0.717, 1.165) is 27.8 Å². The highest BCUT2D eigenvalue weighted by atomic mass is 32.1. The van der Waals surface area contributed by atoms with Crippen molar-refractivity contribution in [3.05, 3.63) is 51.3 Å². The number of rotatable bonds is 3. The van der Waals surface area contributed by atoms with Crippen LogP contribution in [-0.2, 0) is 17.8 Å². The van der Waals surface area contributed by atoms with Gasteiger partial charge in [0.15, 0.2) is 0 Å². The van der Waals surface area contributed by atoms with E-state index in [0.29, 0.717) is 36.5 Å². The van der Waals surface area contributed by atoms with Crippen molar-refractivity contribution >= 4 is 40.0 Å². The number of nitrogens with one attached hydrogen (secondary N) is 2. The molecule has 1 atom stereocenters. The number of aromatic nitrogens is 2. The summed E-state index contributed by atoms with van der Waals surface area (Å²) in [5.41, 5.74) is 2.47. The Morgan fingerprint density at radius 3 is 2.87 bits per heavy atom. The summed E-state index contributed by atoms with van der Waals surface area (Å²) in [5, 5.41) is 10.4. The lowest BCUT2D eigenvalue weighted by atomic mass is 9.98. The Hall–Kier alpha value is -3.20. The molecule has 1 aromatic carbocycles. The maximum absolute atomic E-state index is 13.1. The molecule has 1 fully saturated rings. The highest BCUT2D eigenvalue weighted by molar-refractivity contribution is 7.14. The van der Waals surface area contributed by atoms with Crippen molar-refractivity contribution < 1.29 is 14.4 Å². The average molecular weight is 423 g/mol. The summed E-state index contributed by atoms with van der Waals surface area (Å²) in [5.74, 6) is -0.243. The van der Waals surface area contributed by atoms with Crippen LogP contribution in [0.4, 0.5) is 0 Å². The first kappa shape index (κ1) is 18.8. The highest BCUT2D eigenvalue weighted by Crippen LogP contribution is 2.30. The number of nitrogens with zero attached hydrogens (tertiary/aromatic N) is 3. The van der Waals surface area contributed by atoms with Gasteiger partial charge in [0.05, 0.1) is 16.6 Å². The molecule has 8 nitrogen and oxygen atoms in total. The van der Waals surface area contributed by atoms with E-state index in [1.165, 1.54) is 11.3 Å². The average Bonchev–Trinajstić information content (AvgIpc) is 3.37. The Morgan fingerprint density at radius 2 is 2.10 bits per heavy atom. The summed E-state index contributed by atoms with van der Waals surface area (Å²) in [6.07, 6.45) is 3.10. The molecule has 2 N–H and O–H groups in total. The third-order valence-electron chi connectivity index (χ3n) is 5.88. The second-order valence-corrected chi connectivity index (χ2v) is 8.76. The zero-order chi connectivity index (χ0) is 20.8. The molecule has 9 heteroatoms. The van der Waals surface area contributed by atoms with Gasteiger partial charge >= 0.3 is 0 Å². The second-order valence-electron chi connectivity index (χ2n) is 7.62. The quantitative estimate of drug-likeness (QED) is 0.671. The fourth-order valence-corrected chi connectivity index (χ4v) is 5.21. The highest BCUT2D eigenvalue weighted by Gasteiger charge is 2.41. The molecule has 30 heavy (non-hydrogen) atoms. The van der Waals surface area contributed by atoms with Crippen LogP contribution in [0, 0.1) is 0 Å². The zero-order valence-electron chi connectivity index (χ0n) is 16.5. The minimum atomic E-state index is -0.420. The van der Waals surface area contributed by atoms with Crippen LogP contribution in [0.15, 0.2) is 30.5 Å². The van der Waals surface area contributed by atoms with E-state index in [9.17, 15) is 14.4 Å². The SMILES string of the molecule is CNC(=O)c1cc2c(s1)CCN(C(=O)C1CCN1C(=O)c1ccc3[nH]ncc3c1)C2. The smallest absolute Gasteiger partial charge is 0.261 e. The van der Waals surface area contributed by atoms with Crippen LogP contribution in [0.25, 0.3) is 10.9 Å². The second kappa shape index (κ2) is 7.24. The Kier molecular flexibility index (Phi) is 4.54. The van der Waals surface area contributed by atoms with Crippen LogP contribution >= 0.6 is 11.3 Å². The van der Waals surface area contributed by atoms with Crippen molar-refractivity contribution in [2.75, 3.05) is 20.1 Å². The Bertz CT molecular complexity index is 1170. The molecule has 3 amide bonds. The maximum Gasteiger partial charge on any atom is 0.261 e. The number of hydrogen-bond acceptors (Lipinski definition) is 5. The number of amides is 3. The van der Waals surface area contributed by atoms with Crippen molar-refractivity contribution in [1.29, 1.82) is 0 Å². The fourth-order valence-electron chi connectivity index (χ4n) is 4.10. The van der Waals surface area contributed by atoms with E-state index in [4.69, 9.17) is 0 Å². The first-order chi connectivity index (χ1) is 14.5. The van der Waals surface area contributed by atoms with Gasteiger partial charge in [0.1, 0.15) is 6.04 Å². The van der Waals surface area contributed by atoms with E-state index < -0.39 is 6.04 Å². The monoisotopic (exact) mass is 423 g/mol. The molecule has 2 aromatic heterocycles. The Labute approximate surface area is 176 Å². The van der Waals surface area contributed by atoms with Gasteiger partial charge in [0.2, 0.25) is 5.91 Å². The van der Waals surface area contributed by atoms with Gasteiger partial charge in [-0.2, -0.15) is 5.10 Å². The lowest BCUT2D eigenvalue weighted by molar-refractivity contribution is -0.140. The summed E-state index contributed by atoms with van der Waals surface area (Å²) in [6.45, 7) is 1.68. The van der Waals surface area contributed by atoms with Crippen LogP contribution in [0.5, 0.6) is 0 Å². The van der Waals surface area contributed by atoms with E-state index in [1.807, 2.05) is 17.0 Å². The molecule has 2 aliphatic heterocycles. The minimum Gasteiger partial charge on any atom is -0.354 e. The van der Waals surface area contributed by atoms with Crippen LogP contribution < -0.4 is 5.32 Å². The maximum atomic E-state index is 13.1. The molecule has 0 radical (unpaired) electrons. The predicted molar refractivity (Wildman–Crippen MR) is 112 cm³/mol. The molecule has 5 rings (SSSR count). The summed E-state index contributed by atoms with van der Waals surface area (Å²) in [7, 11) is 1.61. The van der Waals surface area contributed by atoms with E-state index in [-0.39, 0.29) is 17.7 Å². The number of fused-ring (bicyclic) bond motifs is 2. The van der Waals surface area contributed by atoms with Crippen molar-refractivity contribution in [1.82, 2.24) is 25.3 Å². The largest absolute Gasteiger partial charge is 0.354 e. The third kappa shape index (κ3) is 3.06. The molecule has 2 aliphatic rings. The number of likely N-dealkylation sites (tertiary alicyclic amines) is 1. The molecular weight excluding hydrogens is 402 g/mol. The van der Waals surface area contributed by atoms with Crippen molar-refractivity contribution in [2.24, 2.45) is 0 Å². The first-order valence-corrected chi connectivity index (χ1v) is 10.7. The number of aromatic amines is 1. The van der Waals surface area contributed by atoms with Crippen LogP contribution in [0.3, 0.4) is 0 Å². The minimum absolute atomic E-state index is 0.0164.